The summed E-state index contributed by atoms with van der Waals surface area (Å²) in [4.78, 5) is 3.92. The lowest BCUT2D eigenvalue weighted by Gasteiger charge is -2.19. The van der Waals surface area contributed by atoms with E-state index in [0.717, 1.165) is 140 Å². The van der Waals surface area contributed by atoms with Crippen molar-refractivity contribution in [3.63, 3.8) is 0 Å². The van der Waals surface area contributed by atoms with Crippen molar-refractivity contribution in [2.75, 3.05) is 63.3 Å². The van der Waals surface area contributed by atoms with E-state index in [9.17, 15) is 88.5 Å². The molecule has 0 radical (unpaired) electrons. The lowest BCUT2D eigenvalue weighted by molar-refractivity contribution is -0.282. The summed E-state index contributed by atoms with van der Waals surface area (Å²) in [5.41, 5.74) is 8.44. The third kappa shape index (κ3) is 23.0. The zero-order valence-electron chi connectivity index (χ0n) is 49.0. The second kappa shape index (κ2) is 32.5. The molecule has 0 saturated carbocycles. The second-order valence-corrected chi connectivity index (χ2v) is 27.4. The van der Waals surface area contributed by atoms with Crippen molar-refractivity contribution in [2.24, 2.45) is 0 Å². The highest BCUT2D eigenvalue weighted by molar-refractivity contribution is 7.91. The number of sulfone groups is 2. The maximum atomic E-state index is 14.8. The normalized spacial score (nSPS) is 14.7. The fourth-order valence-corrected chi connectivity index (χ4v) is 13.7. The van der Waals surface area contributed by atoms with E-state index in [1.165, 1.54) is 24.3 Å². The van der Waals surface area contributed by atoms with Gasteiger partial charge in [0.25, 0.3) is 0 Å². The van der Waals surface area contributed by atoms with Gasteiger partial charge in [0, 0.05) is 36.1 Å². The molecule has 0 aromatic heterocycles. The quantitative estimate of drug-likeness (QED) is 0.0378. The van der Waals surface area contributed by atoms with Crippen LogP contribution in [0.1, 0.15) is 155 Å². The highest BCUT2D eigenvalue weighted by Crippen LogP contribution is 2.44. The number of phenols is 2. The summed E-state index contributed by atoms with van der Waals surface area (Å²) in [6.07, 6.45) is -1.76. The lowest BCUT2D eigenvalue weighted by Crippen LogP contribution is -2.38. The molecule has 4 aromatic rings. The summed E-state index contributed by atoms with van der Waals surface area (Å²) in [5.74, 6) is -15.5. The maximum absolute atomic E-state index is 14.8. The molecule has 0 spiro atoms. The van der Waals surface area contributed by atoms with Crippen molar-refractivity contribution in [1.82, 2.24) is 9.80 Å². The molecule has 0 bridgehead atoms. The molecule has 0 amide bonds. The van der Waals surface area contributed by atoms with Crippen LogP contribution in [0.2, 0.25) is 0 Å². The smallest absolute Gasteiger partial charge is 0.453 e. The first-order chi connectivity index (χ1) is 40.7. The number of unbranched alkanes of at least 4 members (excludes halogenated alkanes) is 7. The van der Waals surface area contributed by atoms with Gasteiger partial charge in [-0.1, -0.05) is 37.8 Å². The summed E-state index contributed by atoms with van der Waals surface area (Å²) >= 11 is 0. The van der Waals surface area contributed by atoms with Crippen molar-refractivity contribution in [3.8, 4) is 11.5 Å². The summed E-state index contributed by atoms with van der Waals surface area (Å²) in [5, 5.41) is 20.0. The highest BCUT2D eigenvalue weighted by Gasteiger charge is 2.58. The van der Waals surface area contributed by atoms with Gasteiger partial charge in [0.05, 0.1) is 23.0 Å². The molecule has 0 aliphatic heterocycles. The maximum Gasteiger partial charge on any atom is 0.453 e. The Morgan fingerprint density at radius 2 is 0.759 bits per heavy atom. The summed E-state index contributed by atoms with van der Waals surface area (Å²) < 4.78 is 230. The molecule has 486 valence electrons. The molecule has 24 heteroatoms. The van der Waals surface area contributed by atoms with Gasteiger partial charge >= 0.3 is 24.2 Å². The first-order valence-electron chi connectivity index (χ1n) is 29.4. The van der Waals surface area contributed by atoms with Crippen LogP contribution in [0.5, 0.6) is 11.5 Å². The molecular weight excluding hydrogens is 1210 g/mol. The van der Waals surface area contributed by atoms with Crippen LogP contribution in [0.4, 0.5) is 61.5 Å². The van der Waals surface area contributed by atoms with E-state index >= 15 is 0 Å². The van der Waals surface area contributed by atoms with Crippen molar-refractivity contribution in [3.05, 3.63) is 129 Å². The Hall–Kier alpha value is -5.20. The van der Waals surface area contributed by atoms with Crippen LogP contribution in [0.3, 0.4) is 0 Å². The van der Waals surface area contributed by atoms with Crippen LogP contribution in [0.15, 0.2) is 72.8 Å². The minimum Gasteiger partial charge on any atom is -0.508 e. The van der Waals surface area contributed by atoms with E-state index in [0.29, 0.717) is 62.9 Å². The fourth-order valence-electron chi connectivity index (χ4n) is 10.9. The van der Waals surface area contributed by atoms with Crippen LogP contribution in [-0.4, -0.2) is 124 Å². The molecule has 6 rings (SSSR count). The van der Waals surface area contributed by atoms with Gasteiger partial charge in [0.2, 0.25) is 0 Å². The number of alkyl halides is 10. The number of halogens is 14. The van der Waals surface area contributed by atoms with Crippen LogP contribution >= 0.6 is 0 Å². The molecule has 87 heavy (non-hydrogen) atoms. The predicted molar refractivity (Wildman–Crippen MR) is 312 cm³/mol. The van der Waals surface area contributed by atoms with Gasteiger partial charge in [-0.05, 0) is 230 Å². The Labute approximate surface area is 501 Å². The first kappa shape index (κ1) is 72.5. The van der Waals surface area contributed by atoms with Crippen molar-refractivity contribution in [2.45, 2.75) is 159 Å². The Bertz CT molecular complexity index is 3180. The zero-order valence-corrected chi connectivity index (χ0v) is 50.6. The van der Waals surface area contributed by atoms with Crippen LogP contribution in [0.25, 0.3) is 22.3 Å². The lowest BCUT2D eigenvalue weighted by atomic mass is 9.88. The van der Waals surface area contributed by atoms with Gasteiger partial charge in [0.15, 0.2) is 19.7 Å². The van der Waals surface area contributed by atoms with Gasteiger partial charge in [-0.25, -0.2) is 34.4 Å². The van der Waals surface area contributed by atoms with E-state index in [4.69, 9.17) is 0 Å². The van der Waals surface area contributed by atoms with Crippen LogP contribution in [-0.2, 0) is 32.5 Å². The standard InChI is InChI=1S/C32H40F7NO3S.C31H38F7NO3S/c1-40(18-6-7-19-44(42,43)20-16-31(35,36)32(37,38)39)17-5-3-2-4-10-27-26-15-13-25(41)21-23(26)9-8-11-28(27)29-14-12-24(33)22-30(29)34;1-39(17-7-18-43(41,42)19-15-30(34,35)31(36,37)38)16-5-3-2-4-9-26-25-14-12-24(40)20-22(25)8-6-10-27(26)28-13-11-23(32)21-29(28)33/h12-15,21-22,41H,2-11,16-20H2,1H3;11-14,20-21,40H,2-10,15-19H2,1H3. The van der Waals surface area contributed by atoms with Crippen molar-refractivity contribution in [1.29, 1.82) is 0 Å². The Morgan fingerprint density at radius 1 is 0.414 bits per heavy atom. The van der Waals surface area contributed by atoms with Gasteiger partial charge in [-0.2, -0.15) is 43.9 Å². The third-order valence-corrected chi connectivity index (χ3v) is 19.2. The number of benzene rings is 4. The molecule has 8 nitrogen and oxygen atoms in total. The van der Waals surface area contributed by atoms with E-state index in [2.05, 4.69) is 0 Å². The number of allylic oxidation sites excluding steroid dienone is 4. The van der Waals surface area contributed by atoms with Crippen LogP contribution in [0, 0.1) is 23.3 Å². The summed E-state index contributed by atoms with van der Waals surface area (Å²) in [6, 6.07) is 17.7. The van der Waals surface area contributed by atoms with Gasteiger partial charge < -0.3 is 20.0 Å². The minimum absolute atomic E-state index is 0.127. The number of phenolic OH excluding ortho intramolecular Hbond substituents is 2. The number of aryl methyl sites for hydroxylation is 2. The van der Waals surface area contributed by atoms with E-state index in [1.807, 2.05) is 29.0 Å². The molecule has 0 heterocycles. The molecule has 0 saturated heterocycles. The third-order valence-electron chi connectivity index (χ3n) is 15.8. The van der Waals surface area contributed by atoms with Gasteiger partial charge in [0.1, 0.15) is 34.8 Å². The molecule has 2 aliphatic carbocycles. The molecule has 2 aliphatic rings. The zero-order chi connectivity index (χ0) is 64.4. The van der Waals surface area contributed by atoms with E-state index < -0.39 is 103 Å². The number of hydrogen-bond acceptors (Lipinski definition) is 8. The number of fused-ring (bicyclic) bond motifs is 2. The summed E-state index contributed by atoms with van der Waals surface area (Å²) in [7, 11) is -4.38. The molecule has 0 atom stereocenters. The Kier molecular flexibility index (Phi) is 27.1. The minimum atomic E-state index is -5.77. The second-order valence-electron chi connectivity index (χ2n) is 22.8. The van der Waals surface area contributed by atoms with Gasteiger partial charge in [-0.3, -0.25) is 0 Å². The van der Waals surface area contributed by atoms with Crippen molar-refractivity contribution < 1.29 is 88.5 Å². The summed E-state index contributed by atoms with van der Waals surface area (Å²) in [6.45, 7) is 2.33. The molecular formula is C63H78F14N2O6S2. The SMILES string of the molecule is CN(CCCCCCC1=C(c2ccc(F)cc2F)CCCc2cc(O)ccc21)CCCCS(=O)(=O)CCC(F)(F)C(F)(F)F.CN(CCCCCCC1=C(c2ccc(F)cc2F)CCCc2cc(O)ccc21)CCCS(=O)(=O)CCC(F)(F)C(F)(F)F. The fraction of sp³-hybridized carbons (Fsp3) is 0.556. The first-order valence-corrected chi connectivity index (χ1v) is 33.0. The van der Waals surface area contributed by atoms with Crippen molar-refractivity contribution >= 4 is 42.0 Å². The van der Waals surface area contributed by atoms with Crippen LogP contribution < -0.4 is 0 Å². The Balaban J connectivity index is 0.000000317. The number of hydrogen-bond donors (Lipinski definition) is 2. The number of rotatable bonds is 31. The molecule has 4 aromatic carbocycles. The molecule has 2 N–H and O–H groups in total. The van der Waals surface area contributed by atoms with Gasteiger partial charge in [-0.15, -0.1) is 0 Å². The predicted octanol–water partition coefficient (Wildman–Crippen LogP) is 16.8. The molecule has 0 fully saturated rings. The Morgan fingerprint density at radius 3 is 1.14 bits per heavy atom. The largest absolute Gasteiger partial charge is 0.508 e. The van der Waals surface area contributed by atoms with E-state index in [-0.39, 0.29) is 24.3 Å². The molecule has 0 unspecified atom stereocenters. The highest BCUT2D eigenvalue weighted by atomic mass is 32.2. The topological polar surface area (TPSA) is 115 Å². The average molecular weight is 1290 g/mol. The average Bonchev–Trinajstić information content (AvgIpc) is 2.03. The monoisotopic (exact) mass is 1290 g/mol. The number of nitrogens with zero attached hydrogens (tertiary/aromatic N) is 2. The van der Waals surface area contributed by atoms with E-state index in [1.54, 1.807) is 31.3 Å². The number of aromatic hydroxyl groups is 2.